The van der Waals surface area contributed by atoms with Crippen molar-refractivity contribution in [1.29, 1.82) is 0 Å². The Morgan fingerprint density at radius 3 is 2.38 bits per heavy atom. The molecule has 5 heteroatoms. The molecule has 0 radical (unpaired) electrons. The largest absolute Gasteiger partial charge is 0.481 e. The molecule has 0 spiro atoms. The number of carbonyl (C=O) groups is 2. The number of nitrogens with one attached hydrogen (secondary N) is 1. The van der Waals surface area contributed by atoms with Crippen LogP contribution in [0.1, 0.15) is 32.1 Å². The van der Waals surface area contributed by atoms with Gasteiger partial charge in [-0.1, -0.05) is 0 Å². The van der Waals surface area contributed by atoms with Crippen LogP contribution in [0.3, 0.4) is 0 Å². The second-order valence-electron chi connectivity index (χ2n) is 4.11. The van der Waals surface area contributed by atoms with Gasteiger partial charge in [0.1, 0.15) is 0 Å². The van der Waals surface area contributed by atoms with Crippen molar-refractivity contribution in [2.75, 3.05) is 27.2 Å². The molecule has 16 heavy (non-hydrogen) atoms. The fourth-order valence-corrected chi connectivity index (χ4v) is 1.27. The molecular formula is C11H22N2O3. The topological polar surface area (TPSA) is 69.6 Å². The highest BCUT2D eigenvalue weighted by Gasteiger charge is 2.02. The summed E-state index contributed by atoms with van der Waals surface area (Å²) >= 11 is 0. The molecule has 0 aliphatic rings. The van der Waals surface area contributed by atoms with E-state index in [2.05, 4.69) is 10.2 Å². The molecule has 0 fully saturated rings. The van der Waals surface area contributed by atoms with E-state index >= 15 is 0 Å². The summed E-state index contributed by atoms with van der Waals surface area (Å²) in [5.74, 6) is -0.898. The van der Waals surface area contributed by atoms with Gasteiger partial charge in [0.2, 0.25) is 5.91 Å². The van der Waals surface area contributed by atoms with Gasteiger partial charge in [-0.25, -0.2) is 0 Å². The number of carboxylic acids is 1. The summed E-state index contributed by atoms with van der Waals surface area (Å²) in [6.07, 6.45) is 2.80. The standard InChI is InChI=1S/C11H22N2O3/c1-13(2)9-4-3-8-12-10(14)6-5-7-11(15)16/h3-9H2,1-2H3,(H,12,14)(H,15,16). The summed E-state index contributed by atoms with van der Waals surface area (Å²) in [5.41, 5.74) is 0. The molecule has 0 aromatic carbocycles. The molecular weight excluding hydrogens is 208 g/mol. The van der Waals surface area contributed by atoms with Crippen LogP contribution in [-0.4, -0.2) is 49.1 Å². The third kappa shape index (κ3) is 11.0. The lowest BCUT2D eigenvalue weighted by atomic mass is 10.2. The van der Waals surface area contributed by atoms with Gasteiger partial charge in [-0.15, -0.1) is 0 Å². The first-order valence-electron chi connectivity index (χ1n) is 5.65. The Morgan fingerprint density at radius 1 is 1.12 bits per heavy atom. The van der Waals surface area contributed by atoms with E-state index < -0.39 is 5.97 Å². The molecule has 0 aliphatic heterocycles. The second-order valence-corrected chi connectivity index (χ2v) is 4.11. The van der Waals surface area contributed by atoms with E-state index in [9.17, 15) is 9.59 Å². The molecule has 5 nitrogen and oxygen atoms in total. The minimum atomic E-state index is -0.848. The molecule has 0 saturated heterocycles. The van der Waals surface area contributed by atoms with Crippen LogP contribution in [-0.2, 0) is 9.59 Å². The third-order valence-electron chi connectivity index (χ3n) is 2.15. The minimum absolute atomic E-state index is 0.0499. The van der Waals surface area contributed by atoms with Gasteiger partial charge in [0, 0.05) is 19.4 Å². The maximum atomic E-state index is 11.2. The Bertz CT molecular complexity index is 217. The van der Waals surface area contributed by atoms with Crippen LogP contribution in [0.25, 0.3) is 0 Å². The van der Waals surface area contributed by atoms with Crippen LogP contribution >= 0.6 is 0 Å². The fourth-order valence-electron chi connectivity index (χ4n) is 1.27. The Balaban J connectivity index is 3.27. The molecule has 0 rings (SSSR count). The quantitative estimate of drug-likeness (QED) is 0.572. The smallest absolute Gasteiger partial charge is 0.303 e. The second kappa shape index (κ2) is 9.15. The summed E-state index contributed by atoms with van der Waals surface area (Å²) in [6.45, 7) is 1.70. The van der Waals surface area contributed by atoms with E-state index in [0.29, 0.717) is 19.4 Å². The van der Waals surface area contributed by atoms with Crippen LogP contribution in [0, 0.1) is 0 Å². The number of unbranched alkanes of at least 4 members (excludes halogenated alkanes) is 1. The number of aliphatic carboxylic acids is 1. The van der Waals surface area contributed by atoms with Crippen molar-refractivity contribution in [3.63, 3.8) is 0 Å². The molecule has 0 aliphatic carbocycles. The van der Waals surface area contributed by atoms with E-state index in [1.54, 1.807) is 0 Å². The van der Waals surface area contributed by atoms with Crippen molar-refractivity contribution >= 4 is 11.9 Å². The minimum Gasteiger partial charge on any atom is -0.481 e. The summed E-state index contributed by atoms with van der Waals surface area (Å²) in [6, 6.07) is 0. The molecule has 0 aromatic rings. The van der Waals surface area contributed by atoms with Crippen molar-refractivity contribution in [1.82, 2.24) is 10.2 Å². The number of carboxylic acid groups (broad SMARTS) is 1. The Labute approximate surface area is 96.8 Å². The van der Waals surface area contributed by atoms with Crippen molar-refractivity contribution < 1.29 is 14.7 Å². The SMILES string of the molecule is CN(C)CCCCNC(=O)CCCC(=O)O. The maximum Gasteiger partial charge on any atom is 0.303 e. The van der Waals surface area contributed by atoms with Gasteiger partial charge < -0.3 is 15.3 Å². The zero-order valence-corrected chi connectivity index (χ0v) is 10.2. The van der Waals surface area contributed by atoms with Gasteiger partial charge in [0.25, 0.3) is 0 Å². The number of hydrogen-bond donors (Lipinski definition) is 2. The molecule has 0 aromatic heterocycles. The summed E-state index contributed by atoms with van der Waals surface area (Å²) in [5, 5.41) is 11.2. The van der Waals surface area contributed by atoms with Crippen molar-refractivity contribution in [3.8, 4) is 0 Å². The highest BCUT2D eigenvalue weighted by Crippen LogP contribution is 1.95. The molecule has 0 bridgehead atoms. The van der Waals surface area contributed by atoms with Crippen molar-refractivity contribution in [3.05, 3.63) is 0 Å². The van der Waals surface area contributed by atoms with Crippen LogP contribution in [0.4, 0.5) is 0 Å². The van der Waals surface area contributed by atoms with Gasteiger partial charge in [-0.3, -0.25) is 9.59 Å². The zero-order chi connectivity index (χ0) is 12.4. The Kier molecular flexibility index (Phi) is 8.52. The lowest BCUT2D eigenvalue weighted by Gasteiger charge is -2.09. The highest BCUT2D eigenvalue weighted by atomic mass is 16.4. The number of hydrogen-bond acceptors (Lipinski definition) is 3. The first kappa shape index (κ1) is 14.9. The molecule has 0 atom stereocenters. The average molecular weight is 230 g/mol. The van der Waals surface area contributed by atoms with E-state index in [0.717, 1.165) is 19.4 Å². The maximum absolute atomic E-state index is 11.2. The lowest BCUT2D eigenvalue weighted by molar-refractivity contribution is -0.137. The molecule has 1 amide bonds. The van der Waals surface area contributed by atoms with Gasteiger partial charge in [-0.2, -0.15) is 0 Å². The van der Waals surface area contributed by atoms with Crippen LogP contribution in [0.2, 0.25) is 0 Å². The molecule has 94 valence electrons. The normalized spacial score (nSPS) is 10.4. The summed E-state index contributed by atoms with van der Waals surface area (Å²) in [7, 11) is 4.04. The summed E-state index contributed by atoms with van der Waals surface area (Å²) in [4.78, 5) is 23.5. The van der Waals surface area contributed by atoms with E-state index in [4.69, 9.17) is 5.11 Å². The van der Waals surface area contributed by atoms with Crippen LogP contribution in [0.15, 0.2) is 0 Å². The lowest BCUT2D eigenvalue weighted by Crippen LogP contribution is -2.25. The predicted octanol–water partition coefficient (Wildman–Crippen LogP) is 0.699. The van der Waals surface area contributed by atoms with Gasteiger partial charge in [0.15, 0.2) is 0 Å². The number of nitrogens with zero attached hydrogens (tertiary/aromatic N) is 1. The number of rotatable bonds is 9. The molecule has 0 unspecified atom stereocenters. The predicted molar refractivity (Wildman–Crippen MR) is 62.3 cm³/mol. The van der Waals surface area contributed by atoms with Crippen LogP contribution < -0.4 is 5.32 Å². The zero-order valence-electron chi connectivity index (χ0n) is 10.2. The monoisotopic (exact) mass is 230 g/mol. The third-order valence-corrected chi connectivity index (χ3v) is 2.15. The number of carbonyl (C=O) groups excluding carboxylic acids is 1. The van der Waals surface area contributed by atoms with E-state index in [1.807, 2.05) is 14.1 Å². The van der Waals surface area contributed by atoms with Gasteiger partial charge in [0.05, 0.1) is 0 Å². The number of amides is 1. The molecule has 2 N–H and O–H groups in total. The Morgan fingerprint density at radius 2 is 1.81 bits per heavy atom. The van der Waals surface area contributed by atoms with E-state index in [-0.39, 0.29) is 12.3 Å². The van der Waals surface area contributed by atoms with Gasteiger partial charge in [-0.05, 0) is 39.9 Å². The van der Waals surface area contributed by atoms with Gasteiger partial charge >= 0.3 is 5.97 Å². The van der Waals surface area contributed by atoms with Crippen LogP contribution in [0.5, 0.6) is 0 Å². The molecule has 0 saturated carbocycles. The first-order valence-corrected chi connectivity index (χ1v) is 5.65. The van der Waals surface area contributed by atoms with Crippen molar-refractivity contribution in [2.45, 2.75) is 32.1 Å². The highest BCUT2D eigenvalue weighted by molar-refractivity contribution is 5.76. The first-order chi connectivity index (χ1) is 7.52. The average Bonchev–Trinajstić information content (AvgIpc) is 2.16. The summed E-state index contributed by atoms with van der Waals surface area (Å²) < 4.78 is 0. The molecule has 0 heterocycles. The van der Waals surface area contributed by atoms with E-state index in [1.165, 1.54) is 0 Å². The Hall–Kier alpha value is -1.10. The van der Waals surface area contributed by atoms with Crippen molar-refractivity contribution in [2.24, 2.45) is 0 Å². The fraction of sp³-hybridized carbons (Fsp3) is 0.818.